The van der Waals surface area contributed by atoms with Crippen molar-refractivity contribution in [2.24, 2.45) is 5.73 Å². The molecule has 0 saturated heterocycles. The summed E-state index contributed by atoms with van der Waals surface area (Å²) in [5.41, 5.74) is 5.40. The molecule has 5 nitrogen and oxygen atoms in total. The van der Waals surface area contributed by atoms with Crippen molar-refractivity contribution in [3.63, 3.8) is 0 Å². The molecule has 0 radical (unpaired) electrons. The molecule has 0 fully saturated rings. The first-order valence-corrected chi connectivity index (χ1v) is 5.70. The summed E-state index contributed by atoms with van der Waals surface area (Å²) in [5, 5.41) is 0. The maximum absolute atomic E-state index is 11.6. The van der Waals surface area contributed by atoms with Crippen LogP contribution in [-0.2, 0) is 4.79 Å². The van der Waals surface area contributed by atoms with E-state index in [9.17, 15) is 14.4 Å². The van der Waals surface area contributed by atoms with Gasteiger partial charge in [0.25, 0.3) is 5.78 Å². The van der Waals surface area contributed by atoms with Crippen LogP contribution in [0, 0.1) is 0 Å². The molecule has 1 aromatic rings. The van der Waals surface area contributed by atoms with E-state index in [-0.39, 0.29) is 11.3 Å². The first-order valence-electron chi connectivity index (χ1n) is 4.11. The second kappa shape index (κ2) is 3.67. The zero-order chi connectivity index (χ0) is 12.0. The van der Waals surface area contributed by atoms with Crippen LogP contribution in [0.5, 0.6) is 0 Å². The van der Waals surface area contributed by atoms with Gasteiger partial charge >= 0.3 is 11.9 Å². The van der Waals surface area contributed by atoms with Gasteiger partial charge in [0, 0.05) is 8.95 Å². The molecule has 0 aliphatic carbocycles. The maximum Gasteiger partial charge on any atom is 0.326 e. The number of halogens is 2. The van der Waals surface area contributed by atoms with Crippen LogP contribution in [0.2, 0.25) is 0 Å². The Morgan fingerprint density at radius 2 is 1.88 bits per heavy atom. The van der Waals surface area contributed by atoms with Crippen LogP contribution in [0.4, 0.5) is 10.5 Å². The van der Waals surface area contributed by atoms with E-state index in [0.717, 1.165) is 0 Å². The highest BCUT2D eigenvalue weighted by Gasteiger charge is 2.40. The quantitative estimate of drug-likeness (QED) is 0.727. The van der Waals surface area contributed by atoms with Crippen molar-refractivity contribution in [3.8, 4) is 0 Å². The van der Waals surface area contributed by atoms with Crippen molar-refractivity contribution in [3.05, 3.63) is 26.6 Å². The fraction of sp³-hybridized carbons (Fsp3) is 0. The molecule has 2 rings (SSSR count). The Balaban J connectivity index is 2.74. The molecule has 1 aliphatic rings. The number of nitrogens with two attached hydrogens (primary N) is 1. The van der Waals surface area contributed by atoms with E-state index in [1.165, 1.54) is 6.07 Å². The number of carbonyl (C=O) groups excluding carboxylic acids is 3. The van der Waals surface area contributed by atoms with Crippen LogP contribution < -0.4 is 10.6 Å². The molecular formula is C9H4Br2N2O3. The van der Waals surface area contributed by atoms with Gasteiger partial charge in [-0.25, -0.2) is 9.69 Å². The summed E-state index contributed by atoms with van der Waals surface area (Å²) in [6.45, 7) is 0. The number of rotatable bonds is 0. The van der Waals surface area contributed by atoms with Crippen molar-refractivity contribution >= 4 is 55.3 Å². The smallest absolute Gasteiger partial charge is 0.326 e. The standard InChI is InChI=1S/C9H4Br2N2O3/c10-3-1-2-4-5(6(3)11)7(14)8(15)13(4)9(12)16/h1-2H,(H2,12,16). The molecule has 0 bridgehead atoms. The summed E-state index contributed by atoms with van der Waals surface area (Å²) in [4.78, 5) is 34.9. The maximum atomic E-state index is 11.6. The van der Waals surface area contributed by atoms with Crippen LogP contribution in [0.1, 0.15) is 10.4 Å². The average molecular weight is 348 g/mol. The fourth-order valence-corrected chi connectivity index (χ4v) is 2.33. The summed E-state index contributed by atoms with van der Waals surface area (Å²) >= 11 is 6.39. The Morgan fingerprint density at radius 1 is 1.25 bits per heavy atom. The van der Waals surface area contributed by atoms with Crippen molar-refractivity contribution in [1.82, 2.24) is 0 Å². The van der Waals surface area contributed by atoms with Gasteiger partial charge in [0.1, 0.15) is 0 Å². The Hall–Kier alpha value is -1.21. The summed E-state index contributed by atoms with van der Waals surface area (Å²) in [6.07, 6.45) is 0. The summed E-state index contributed by atoms with van der Waals surface area (Å²) in [6, 6.07) is 2.13. The number of carbonyl (C=O) groups is 3. The molecule has 3 amide bonds. The van der Waals surface area contributed by atoms with Crippen molar-refractivity contribution in [2.75, 3.05) is 4.90 Å². The Morgan fingerprint density at radius 3 is 2.44 bits per heavy atom. The number of nitrogens with zero attached hydrogens (tertiary/aromatic N) is 1. The van der Waals surface area contributed by atoms with E-state index in [0.29, 0.717) is 13.8 Å². The predicted octanol–water partition coefficient (Wildman–Crippen LogP) is 1.82. The van der Waals surface area contributed by atoms with Crippen molar-refractivity contribution in [1.29, 1.82) is 0 Å². The molecule has 1 heterocycles. The highest BCUT2D eigenvalue weighted by molar-refractivity contribution is 9.13. The number of imide groups is 1. The molecule has 0 atom stereocenters. The number of hydrogen-bond donors (Lipinski definition) is 1. The summed E-state index contributed by atoms with van der Waals surface area (Å²) in [5.74, 6) is -1.68. The van der Waals surface area contributed by atoms with Crippen LogP contribution in [0.15, 0.2) is 21.1 Å². The molecule has 0 unspecified atom stereocenters. The number of anilines is 1. The van der Waals surface area contributed by atoms with E-state index in [1.807, 2.05) is 0 Å². The second-order valence-corrected chi connectivity index (χ2v) is 4.71. The molecular weight excluding hydrogens is 344 g/mol. The van der Waals surface area contributed by atoms with Gasteiger partial charge in [0.2, 0.25) is 0 Å². The second-order valence-electron chi connectivity index (χ2n) is 3.06. The van der Waals surface area contributed by atoms with Gasteiger partial charge < -0.3 is 5.73 Å². The normalized spacial score (nSPS) is 14.2. The number of primary amides is 1. The van der Waals surface area contributed by atoms with Crippen LogP contribution in [0.25, 0.3) is 0 Å². The summed E-state index contributed by atoms with van der Waals surface area (Å²) in [7, 11) is 0. The first kappa shape index (κ1) is 11.3. The highest BCUT2D eigenvalue weighted by Crippen LogP contribution is 2.38. The van der Waals surface area contributed by atoms with Gasteiger partial charge in [-0.05, 0) is 44.0 Å². The van der Waals surface area contributed by atoms with Crippen LogP contribution in [-0.4, -0.2) is 17.7 Å². The lowest BCUT2D eigenvalue weighted by molar-refractivity contribution is -0.113. The van der Waals surface area contributed by atoms with E-state index in [4.69, 9.17) is 5.73 Å². The van der Waals surface area contributed by atoms with Gasteiger partial charge in [-0.1, -0.05) is 0 Å². The zero-order valence-corrected chi connectivity index (χ0v) is 10.8. The van der Waals surface area contributed by atoms with E-state index in [1.54, 1.807) is 6.07 Å². The zero-order valence-electron chi connectivity index (χ0n) is 7.66. The molecule has 82 valence electrons. The molecule has 7 heteroatoms. The lowest BCUT2D eigenvalue weighted by Gasteiger charge is -2.11. The number of hydrogen-bond acceptors (Lipinski definition) is 3. The third-order valence-corrected chi connectivity index (χ3v) is 4.18. The topological polar surface area (TPSA) is 80.5 Å². The first-order chi connectivity index (χ1) is 7.45. The van der Waals surface area contributed by atoms with Gasteiger partial charge in [0.05, 0.1) is 11.3 Å². The van der Waals surface area contributed by atoms with Gasteiger partial charge in [-0.15, -0.1) is 0 Å². The van der Waals surface area contributed by atoms with Crippen LogP contribution in [0.3, 0.4) is 0 Å². The third kappa shape index (κ3) is 1.39. The number of benzene rings is 1. The van der Waals surface area contributed by atoms with E-state index in [2.05, 4.69) is 31.9 Å². The van der Waals surface area contributed by atoms with Gasteiger partial charge in [-0.2, -0.15) is 0 Å². The van der Waals surface area contributed by atoms with Crippen molar-refractivity contribution < 1.29 is 14.4 Å². The van der Waals surface area contributed by atoms with E-state index >= 15 is 0 Å². The molecule has 0 saturated carbocycles. The molecule has 2 N–H and O–H groups in total. The fourth-order valence-electron chi connectivity index (χ4n) is 1.48. The molecule has 16 heavy (non-hydrogen) atoms. The van der Waals surface area contributed by atoms with Gasteiger partial charge in [-0.3, -0.25) is 9.59 Å². The number of fused-ring (bicyclic) bond motifs is 1. The lowest BCUT2D eigenvalue weighted by Crippen LogP contribution is -2.39. The molecule has 0 aromatic heterocycles. The Kier molecular flexibility index (Phi) is 2.59. The Bertz CT molecular complexity index is 542. The van der Waals surface area contributed by atoms with Gasteiger partial charge in [0.15, 0.2) is 0 Å². The van der Waals surface area contributed by atoms with E-state index < -0.39 is 17.7 Å². The summed E-state index contributed by atoms with van der Waals surface area (Å²) < 4.78 is 1.06. The number of amides is 3. The number of ketones is 1. The monoisotopic (exact) mass is 346 g/mol. The number of Topliss-reactive ketones (excluding diaryl/α,β-unsaturated/α-hetero) is 1. The average Bonchev–Trinajstić information content (AvgIpc) is 2.46. The number of urea groups is 1. The van der Waals surface area contributed by atoms with Crippen molar-refractivity contribution in [2.45, 2.75) is 0 Å². The van der Waals surface area contributed by atoms with Crippen LogP contribution >= 0.6 is 31.9 Å². The molecule has 0 spiro atoms. The third-order valence-electron chi connectivity index (χ3n) is 2.16. The minimum absolute atomic E-state index is 0.151. The highest BCUT2D eigenvalue weighted by atomic mass is 79.9. The minimum atomic E-state index is -0.966. The molecule has 1 aromatic carbocycles. The predicted molar refractivity (Wildman–Crippen MR) is 63.2 cm³/mol. The molecule has 1 aliphatic heterocycles. The minimum Gasteiger partial charge on any atom is -0.351 e. The Labute approximate surface area is 107 Å². The lowest BCUT2D eigenvalue weighted by atomic mass is 10.1. The largest absolute Gasteiger partial charge is 0.351 e. The SMILES string of the molecule is NC(=O)N1C(=O)C(=O)c2c1ccc(Br)c2Br.